The van der Waals surface area contributed by atoms with Crippen molar-refractivity contribution in [1.82, 2.24) is 4.31 Å². The normalized spacial score (nSPS) is 11.3. The molecule has 0 saturated carbocycles. The second-order valence-electron chi connectivity index (χ2n) is 7.56. The molecule has 7 nitrogen and oxygen atoms in total. The number of ether oxygens (including phenoxy) is 1. The van der Waals surface area contributed by atoms with Gasteiger partial charge in [0.15, 0.2) is 0 Å². The first-order valence-electron chi connectivity index (χ1n) is 10.6. The molecule has 1 amide bonds. The van der Waals surface area contributed by atoms with Crippen LogP contribution >= 0.6 is 15.9 Å². The quantitative estimate of drug-likeness (QED) is 0.392. The van der Waals surface area contributed by atoms with E-state index in [0.717, 1.165) is 19.9 Å². The summed E-state index contributed by atoms with van der Waals surface area (Å²) in [5.74, 6) is -0.957. The predicted molar refractivity (Wildman–Crippen MR) is 134 cm³/mol. The van der Waals surface area contributed by atoms with Gasteiger partial charge >= 0.3 is 5.97 Å². The molecule has 0 atom stereocenters. The second-order valence-corrected chi connectivity index (χ2v) is 10.4. The number of anilines is 1. The minimum atomic E-state index is -3.95. The Balaban J connectivity index is 1.80. The maximum atomic E-state index is 13.4. The van der Waals surface area contributed by atoms with E-state index in [-0.39, 0.29) is 24.6 Å². The molecule has 0 aromatic heterocycles. The van der Waals surface area contributed by atoms with Crippen LogP contribution in [0.15, 0.2) is 82.2 Å². The number of hydrogen-bond donors (Lipinski definition) is 1. The van der Waals surface area contributed by atoms with Gasteiger partial charge in [-0.25, -0.2) is 13.2 Å². The molecule has 0 bridgehead atoms. The van der Waals surface area contributed by atoms with Crippen molar-refractivity contribution in [3.63, 3.8) is 0 Å². The number of aryl methyl sites for hydroxylation is 1. The summed E-state index contributed by atoms with van der Waals surface area (Å²) in [4.78, 5) is 24.7. The number of benzene rings is 3. The molecule has 9 heteroatoms. The number of carbonyl (C=O) groups is 2. The molecule has 0 unspecified atom stereocenters. The lowest BCUT2D eigenvalue weighted by molar-refractivity contribution is -0.116. The molecule has 0 fully saturated rings. The molecule has 34 heavy (non-hydrogen) atoms. The van der Waals surface area contributed by atoms with Gasteiger partial charge in [0.2, 0.25) is 15.9 Å². The molecule has 0 aliphatic carbocycles. The largest absolute Gasteiger partial charge is 0.462 e. The van der Waals surface area contributed by atoms with Crippen LogP contribution in [0.3, 0.4) is 0 Å². The van der Waals surface area contributed by atoms with Crippen LogP contribution in [0, 0.1) is 6.92 Å². The van der Waals surface area contributed by atoms with Gasteiger partial charge in [-0.3, -0.25) is 4.79 Å². The highest BCUT2D eigenvalue weighted by Gasteiger charge is 2.27. The Morgan fingerprint density at radius 2 is 1.56 bits per heavy atom. The van der Waals surface area contributed by atoms with E-state index in [1.54, 1.807) is 31.2 Å². The van der Waals surface area contributed by atoms with E-state index in [2.05, 4.69) is 21.2 Å². The topological polar surface area (TPSA) is 92.8 Å². The lowest BCUT2D eigenvalue weighted by atomic mass is 10.1. The molecule has 3 rings (SSSR count). The summed E-state index contributed by atoms with van der Waals surface area (Å²) in [6.07, 6.45) is 0. The SMILES string of the molecule is CCOC(=O)c1ccc(NC(=O)CN(Cc2ccc(C)cc2)S(=O)(=O)c2ccc(Br)cc2)cc1. The minimum absolute atomic E-state index is 0.0356. The highest BCUT2D eigenvalue weighted by atomic mass is 79.9. The van der Waals surface area contributed by atoms with Crippen molar-refractivity contribution in [1.29, 1.82) is 0 Å². The molecule has 0 radical (unpaired) electrons. The van der Waals surface area contributed by atoms with Crippen LogP contribution in [0.1, 0.15) is 28.4 Å². The van der Waals surface area contributed by atoms with Crippen LogP contribution in [-0.4, -0.2) is 37.8 Å². The van der Waals surface area contributed by atoms with Crippen LogP contribution in [0.2, 0.25) is 0 Å². The van der Waals surface area contributed by atoms with Crippen molar-refractivity contribution in [2.75, 3.05) is 18.5 Å². The molecule has 0 heterocycles. The first-order valence-corrected chi connectivity index (χ1v) is 12.8. The van der Waals surface area contributed by atoms with E-state index in [0.29, 0.717) is 11.3 Å². The Hall–Kier alpha value is -3.01. The van der Waals surface area contributed by atoms with E-state index >= 15 is 0 Å². The van der Waals surface area contributed by atoms with E-state index in [9.17, 15) is 18.0 Å². The Kier molecular flexibility index (Phi) is 8.60. The van der Waals surface area contributed by atoms with Crippen molar-refractivity contribution >= 4 is 43.5 Å². The fourth-order valence-corrected chi connectivity index (χ4v) is 4.79. The number of sulfonamides is 1. The Labute approximate surface area is 207 Å². The maximum absolute atomic E-state index is 13.4. The highest BCUT2D eigenvalue weighted by Crippen LogP contribution is 2.21. The van der Waals surface area contributed by atoms with Crippen molar-refractivity contribution in [2.24, 2.45) is 0 Å². The molecule has 178 valence electrons. The number of esters is 1. The standard InChI is InChI=1S/C25H25BrN2O5S/c1-3-33-25(30)20-8-12-22(13-9-20)27-24(29)17-28(16-19-6-4-18(2)5-7-19)34(31,32)23-14-10-21(26)11-15-23/h4-15H,3,16-17H2,1-2H3,(H,27,29). The third-order valence-corrected chi connectivity index (χ3v) is 7.27. The molecule has 0 saturated heterocycles. The first kappa shape index (κ1) is 25.6. The number of carbonyl (C=O) groups excluding carboxylic acids is 2. The van der Waals surface area contributed by atoms with Gasteiger partial charge < -0.3 is 10.1 Å². The van der Waals surface area contributed by atoms with Gasteiger partial charge in [-0.05, 0) is 67.9 Å². The predicted octanol–water partition coefficient (Wildman–Crippen LogP) is 4.76. The van der Waals surface area contributed by atoms with Crippen molar-refractivity contribution in [3.05, 3.63) is 94.0 Å². The minimum Gasteiger partial charge on any atom is -0.462 e. The van der Waals surface area contributed by atoms with Gasteiger partial charge in [0, 0.05) is 16.7 Å². The van der Waals surface area contributed by atoms with Gasteiger partial charge in [-0.1, -0.05) is 45.8 Å². The van der Waals surface area contributed by atoms with Crippen molar-refractivity contribution in [2.45, 2.75) is 25.3 Å². The molecule has 0 aliphatic heterocycles. The number of rotatable bonds is 9. The van der Waals surface area contributed by atoms with Gasteiger partial charge in [-0.15, -0.1) is 0 Å². The summed E-state index contributed by atoms with van der Waals surface area (Å²) in [5, 5.41) is 2.69. The monoisotopic (exact) mass is 544 g/mol. The Morgan fingerprint density at radius 3 is 2.15 bits per heavy atom. The van der Waals surface area contributed by atoms with Crippen LogP contribution in [0.5, 0.6) is 0 Å². The Morgan fingerprint density at radius 1 is 0.941 bits per heavy atom. The second kappa shape index (κ2) is 11.4. The molecule has 3 aromatic carbocycles. The zero-order valence-electron chi connectivity index (χ0n) is 18.8. The van der Waals surface area contributed by atoms with E-state index < -0.39 is 21.9 Å². The lowest BCUT2D eigenvalue weighted by Gasteiger charge is -2.22. The fraction of sp³-hybridized carbons (Fsp3) is 0.200. The lowest BCUT2D eigenvalue weighted by Crippen LogP contribution is -2.37. The van der Waals surface area contributed by atoms with Crippen LogP contribution in [0.4, 0.5) is 5.69 Å². The molecule has 3 aromatic rings. The van der Waals surface area contributed by atoms with E-state index in [1.165, 1.54) is 24.3 Å². The van der Waals surface area contributed by atoms with Crippen molar-refractivity contribution in [3.8, 4) is 0 Å². The third-order valence-electron chi connectivity index (χ3n) is 4.93. The number of halogens is 1. The summed E-state index contributed by atoms with van der Waals surface area (Å²) in [6.45, 7) is 3.58. The molecule has 1 N–H and O–H groups in total. The first-order chi connectivity index (χ1) is 16.2. The van der Waals surface area contributed by atoms with Crippen LogP contribution in [0.25, 0.3) is 0 Å². The summed E-state index contributed by atoms with van der Waals surface area (Å²) < 4.78 is 33.6. The number of hydrogen-bond acceptors (Lipinski definition) is 5. The maximum Gasteiger partial charge on any atom is 0.338 e. The molecule has 0 aliphatic rings. The smallest absolute Gasteiger partial charge is 0.338 e. The van der Waals surface area contributed by atoms with Gasteiger partial charge in [-0.2, -0.15) is 4.31 Å². The van der Waals surface area contributed by atoms with Gasteiger partial charge in [0.05, 0.1) is 23.6 Å². The van der Waals surface area contributed by atoms with Gasteiger partial charge in [0.25, 0.3) is 0 Å². The third kappa shape index (κ3) is 6.75. The summed E-state index contributed by atoms with van der Waals surface area (Å²) in [7, 11) is -3.95. The van der Waals surface area contributed by atoms with E-state index in [4.69, 9.17) is 4.74 Å². The zero-order chi connectivity index (χ0) is 24.7. The molecule has 0 spiro atoms. The molecular weight excluding hydrogens is 520 g/mol. The van der Waals surface area contributed by atoms with E-state index in [1.807, 2.05) is 31.2 Å². The summed E-state index contributed by atoms with van der Waals surface area (Å²) >= 11 is 3.31. The fourth-order valence-electron chi connectivity index (χ4n) is 3.14. The number of amides is 1. The Bertz CT molecular complexity index is 1240. The number of nitrogens with one attached hydrogen (secondary N) is 1. The zero-order valence-corrected chi connectivity index (χ0v) is 21.2. The van der Waals surface area contributed by atoms with Crippen molar-refractivity contribution < 1.29 is 22.7 Å². The van der Waals surface area contributed by atoms with Crippen LogP contribution < -0.4 is 5.32 Å². The number of nitrogens with zero attached hydrogens (tertiary/aromatic N) is 1. The highest BCUT2D eigenvalue weighted by molar-refractivity contribution is 9.10. The average molecular weight is 545 g/mol. The molecular formula is C25H25BrN2O5S. The summed E-state index contributed by atoms with van der Waals surface area (Å²) in [6, 6.07) is 19.9. The van der Waals surface area contributed by atoms with Gasteiger partial charge in [0.1, 0.15) is 0 Å². The van der Waals surface area contributed by atoms with Crippen LogP contribution in [-0.2, 0) is 26.1 Å². The average Bonchev–Trinajstić information content (AvgIpc) is 2.81. The summed E-state index contributed by atoms with van der Waals surface area (Å²) in [5.41, 5.74) is 2.61.